The van der Waals surface area contributed by atoms with Crippen LogP contribution in [0.25, 0.3) is 0 Å². The first kappa shape index (κ1) is 21.5. The molecule has 0 fully saturated rings. The first-order valence-corrected chi connectivity index (χ1v) is 8.02. The number of ketones is 1. The number of benzene rings is 2. The Morgan fingerprint density at radius 2 is 1.58 bits per heavy atom. The van der Waals surface area contributed by atoms with E-state index in [1.807, 2.05) is 0 Å². The van der Waals surface area contributed by atoms with Gasteiger partial charge in [0.25, 0.3) is 0 Å². The number of nitrogens with one attached hydrogen (secondary N) is 1. The summed E-state index contributed by atoms with van der Waals surface area (Å²) in [5.74, 6) is 1.09. The van der Waals surface area contributed by atoms with Crippen LogP contribution in [0.3, 0.4) is 0 Å². The number of nitrogens with two attached hydrogens (primary N) is 1. The largest absolute Gasteiger partial charge is 0.497 e. The molecule has 1 amide bonds. The van der Waals surface area contributed by atoms with Crippen molar-refractivity contribution in [2.24, 2.45) is 5.73 Å². The molecule has 2 rings (SSSR count). The highest BCUT2D eigenvalue weighted by Gasteiger charge is 2.10. The normalized spacial score (nSPS) is 9.77. The summed E-state index contributed by atoms with van der Waals surface area (Å²) in [5, 5.41) is 2.76. The molecule has 26 heavy (non-hydrogen) atoms. The molecule has 0 atom stereocenters. The van der Waals surface area contributed by atoms with Gasteiger partial charge in [-0.25, -0.2) is 0 Å². The molecule has 0 aromatic heterocycles. The summed E-state index contributed by atoms with van der Waals surface area (Å²) >= 11 is 0. The van der Waals surface area contributed by atoms with E-state index in [1.165, 1.54) is 0 Å². The van der Waals surface area contributed by atoms with Crippen LogP contribution in [0.5, 0.6) is 11.5 Å². The molecule has 0 spiro atoms. The minimum absolute atomic E-state index is 0. The molecule has 2 aromatic carbocycles. The number of hydrogen-bond donors (Lipinski definition) is 2. The van der Waals surface area contributed by atoms with E-state index < -0.39 is 0 Å². The third-order valence-corrected chi connectivity index (χ3v) is 3.52. The Morgan fingerprint density at radius 1 is 0.962 bits per heavy atom. The predicted octanol–water partition coefficient (Wildman–Crippen LogP) is 3.06. The van der Waals surface area contributed by atoms with Crippen molar-refractivity contribution in [2.45, 2.75) is 12.8 Å². The zero-order chi connectivity index (χ0) is 18.1. The van der Waals surface area contributed by atoms with E-state index >= 15 is 0 Å². The standard InChI is InChI=1S/C19H22N2O4.ClH/c1-24-16-6-2-14(3-7-16)18(22)10-11-19(23)21-15-4-8-17(9-5-15)25-13-12-20;/h2-9H,10-13,20H2,1H3,(H,21,23);1H. The number of rotatable bonds is 9. The van der Waals surface area contributed by atoms with Crippen molar-refractivity contribution in [1.29, 1.82) is 0 Å². The molecule has 3 N–H and O–H groups in total. The zero-order valence-corrected chi connectivity index (χ0v) is 15.4. The Kier molecular flexibility index (Phi) is 9.19. The molecule has 6 nitrogen and oxygen atoms in total. The van der Waals surface area contributed by atoms with E-state index in [1.54, 1.807) is 55.6 Å². The van der Waals surface area contributed by atoms with Gasteiger partial charge in [0.15, 0.2) is 5.78 Å². The SMILES string of the molecule is COc1ccc(C(=O)CCC(=O)Nc2ccc(OCCN)cc2)cc1.Cl. The van der Waals surface area contributed by atoms with Gasteiger partial charge in [-0.15, -0.1) is 12.4 Å². The van der Waals surface area contributed by atoms with Gasteiger partial charge >= 0.3 is 0 Å². The van der Waals surface area contributed by atoms with E-state index in [4.69, 9.17) is 15.2 Å². The summed E-state index contributed by atoms with van der Waals surface area (Å²) in [6, 6.07) is 13.8. The Morgan fingerprint density at radius 3 is 2.15 bits per heavy atom. The Balaban J connectivity index is 0.00000338. The monoisotopic (exact) mass is 378 g/mol. The molecule has 0 aliphatic heterocycles. The van der Waals surface area contributed by atoms with Gasteiger partial charge in [0, 0.05) is 30.6 Å². The Labute approximate surface area is 159 Å². The number of halogens is 1. The second-order valence-electron chi connectivity index (χ2n) is 5.36. The van der Waals surface area contributed by atoms with Crippen LogP contribution < -0.4 is 20.5 Å². The van der Waals surface area contributed by atoms with Gasteiger partial charge in [-0.1, -0.05) is 0 Å². The summed E-state index contributed by atoms with van der Waals surface area (Å²) < 4.78 is 10.4. The van der Waals surface area contributed by atoms with Crippen LogP contribution in [0.2, 0.25) is 0 Å². The number of hydrogen-bond acceptors (Lipinski definition) is 5. The topological polar surface area (TPSA) is 90.7 Å². The average Bonchev–Trinajstić information content (AvgIpc) is 2.65. The van der Waals surface area contributed by atoms with Crippen LogP contribution >= 0.6 is 12.4 Å². The fourth-order valence-corrected chi connectivity index (χ4v) is 2.18. The molecular weight excluding hydrogens is 356 g/mol. The number of carbonyl (C=O) groups excluding carboxylic acids is 2. The molecular formula is C19H23ClN2O4. The number of methoxy groups -OCH3 is 1. The van der Waals surface area contributed by atoms with Gasteiger partial charge in [0.1, 0.15) is 18.1 Å². The summed E-state index contributed by atoms with van der Waals surface area (Å²) in [6.45, 7) is 0.889. The first-order valence-electron chi connectivity index (χ1n) is 8.02. The van der Waals surface area contributed by atoms with Crippen LogP contribution in [-0.2, 0) is 4.79 Å². The van der Waals surface area contributed by atoms with E-state index in [9.17, 15) is 9.59 Å². The molecule has 0 saturated carbocycles. The quantitative estimate of drug-likeness (QED) is 0.654. The van der Waals surface area contributed by atoms with Gasteiger partial charge < -0.3 is 20.5 Å². The van der Waals surface area contributed by atoms with Crippen molar-refractivity contribution < 1.29 is 19.1 Å². The zero-order valence-electron chi connectivity index (χ0n) is 14.6. The van der Waals surface area contributed by atoms with Gasteiger partial charge in [-0.3, -0.25) is 9.59 Å². The van der Waals surface area contributed by atoms with E-state index in [0.717, 1.165) is 0 Å². The van der Waals surface area contributed by atoms with Crippen molar-refractivity contribution in [1.82, 2.24) is 0 Å². The van der Waals surface area contributed by atoms with Crippen molar-refractivity contribution in [2.75, 3.05) is 25.6 Å². The van der Waals surface area contributed by atoms with Gasteiger partial charge in [0.2, 0.25) is 5.91 Å². The second-order valence-corrected chi connectivity index (χ2v) is 5.36. The van der Waals surface area contributed by atoms with Gasteiger partial charge in [0.05, 0.1) is 7.11 Å². The molecule has 7 heteroatoms. The summed E-state index contributed by atoms with van der Waals surface area (Å²) in [4.78, 5) is 24.1. The molecule has 0 saturated heterocycles. The van der Waals surface area contributed by atoms with Crippen LogP contribution in [0.1, 0.15) is 23.2 Å². The molecule has 140 valence electrons. The smallest absolute Gasteiger partial charge is 0.224 e. The molecule has 0 bridgehead atoms. The first-order chi connectivity index (χ1) is 12.1. The van der Waals surface area contributed by atoms with Crippen molar-refractivity contribution in [3.63, 3.8) is 0 Å². The summed E-state index contributed by atoms with van der Waals surface area (Å²) in [7, 11) is 1.57. The second kappa shape index (κ2) is 11.1. The number of anilines is 1. The molecule has 0 radical (unpaired) electrons. The minimum atomic E-state index is -0.211. The Bertz CT molecular complexity index is 702. The number of carbonyl (C=O) groups is 2. The van der Waals surface area contributed by atoms with Gasteiger partial charge in [-0.2, -0.15) is 0 Å². The maximum atomic E-state index is 12.1. The lowest BCUT2D eigenvalue weighted by atomic mass is 10.1. The number of ether oxygens (including phenoxy) is 2. The highest BCUT2D eigenvalue weighted by molar-refractivity contribution is 6.00. The molecule has 0 unspecified atom stereocenters. The lowest BCUT2D eigenvalue weighted by molar-refractivity contribution is -0.116. The lowest BCUT2D eigenvalue weighted by Crippen LogP contribution is -2.13. The fraction of sp³-hybridized carbons (Fsp3) is 0.263. The fourth-order valence-electron chi connectivity index (χ4n) is 2.18. The maximum Gasteiger partial charge on any atom is 0.224 e. The van der Waals surface area contributed by atoms with Crippen LogP contribution in [0.4, 0.5) is 5.69 Å². The van der Waals surface area contributed by atoms with Crippen molar-refractivity contribution >= 4 is 29.8 Å². The van der Waals surface area contributed by atoms with Crippen molar-refractivity contribution in [3.8, 4) is 11.5 Å². The molecule has 2 aromatic rings. The molecule has 0 heterocycles. The van der Waals surface area contributed by atoms with Gasteiger partial charge in [-0.05, 0) is 48.5 Å². The Hall–Kier alpha value is -2.57. The average molecular weight is 379 g/mol. The molecule has 0 aliphatic rings. The maximum absolute atomic E-state index is 12.1. The number of amides is 1. The van der Waals surface area contributed by atoms with E-state index in [2.05, 4.69) is 5.32 Å². The lowest BCUT2D eigenvalue weighted by Gasteiger charge is -2.08. The molecule has 0 aliphatic carbocycles. The van der Waals surface area contributed by atoms with Crippen molar-refractivity contribution in [3.05, 3.63) is 54.1 Å². The minimum Gasteiger partial charge on any atom is -0.497 e. The summed E-state index contributed by atoms with van der Waals surface area (Å²) in [6.07, 6.45) is 0.270. The van der Waals surface area contributed by atoms with Crippen LogP contribution in [0.15, 0.2) is 48.5 Å². The van der Waals surface area contributed by atoms with Crippen LogP contribution in [0, 0.1) is 0 Å². The highest BCUT2D eigenvalue weighted by Crippen LogP contribution is 2.17. The number of Topliss-reactive ketones (excluding diaryl/α,β-unsaturated/α-hetero) is 1. The summed E-state index contributed by atoms with van der Waals surface area (Å²) in [5.41, 5.74) is 6.59. The third-order valence-electron chi connectivity index (χ3n) is 3.52. The predicted molar refractivity (Wildman–Crippen MR) is 103 cm³/mol. The van der Waals surface area contributed by atoms with E-state index in [-0.39, 0.29) is 36.9 Å². The van der Waals surface area contributed by atoms with Crippen LogP contribution in [-0.4, -0.2) is 32.0 Å². The highest BCUT2D eigenvalue weighted by atomic mass is 35.5. The third kappa shape index (κ3) is 6.74. The van der Waals surface area contributed by atoms with E-state index in [0.29, 0.717) is 35.9 Å².